The SMILES string of the molecule is N#Cc1ccncc1-c1ccc(N)c(N2C[C@]3(CO)C[C@H]2CN3)c1. The number of nitrogens with one attached hydrogen (secondary N) is 1. The Morgan fingerprint density at radius 1 is 1.46 bits per heavy atom. The zero-order valence-electron chi connectivity index (χ0n) is 13.2. The molecule has 3 heterocycles. The molecule has 4 rings (SSSR count). The van der Waals surface area contributed by atoms with Gasteiger partial charge in [0.2, 0.25) is 0 Å². The molecular weight excluding hydrogens is 302 g/mol. The summed E-state index contributed by atoms with van der Waals surface area (Å²) in [6.45, 7) is 1.71. The van der Waals surface area contributed by atoms with Crippen LogP contribution >= 0.6 is 0 Å². The molecule has 0 radical (unpaired) electrons. The fourth-order valence-electron chi connectivity index (χ4n) is 3.86. The number of benzene rings is 1. The van der Waals surface area contributed by atoms with Crippen LogP contribution in [-0.2, 0) is 0 Å². The number of aliphatic hydroxyl groups excluding tert-OH is 1. The minimum Gasteiger partial charge on any atom is -0.397 e. The summed E-state index contributed by atoms with van der Waals surface area (Å²) in [5.74, 6) is 0. The first-order valence-corrected chi connectivity index (χ1v) is 8.02. The van der Waals surface area contributed by atoms with E-state index in [9.17, 15) is 10.4 Å². The Bertz CT molecular complexity index is 830. The van der Waals surface area contributed by atoms with E-state index in [1.807, 2.05) is 18.2 Å². The van der Waals surface area contributed by atoms with Crippen molar-refractivity contribution in [3.63, 3.8) is 0 Å². The van der Waals surface area contributed by atoms with Gasteiger partial charge in [0.1, 0.15) is 0 Å². The highest BCUT2D eigenvalue weighted by Gasteiger charge is 2.49. The van der Waals surface area contributed by atoms with Crippen molar-refractivity contribution >= 4 is 11.4 Å². The molecule has 0 unspecified atom stereocenters. The molecule has 0 amide bonds. The monoisotopic (exact) mass is 321 g/mol. The molecule has 6 heteroatoms. The number of nitriles is 1. The first-order chi connectivity index (χ1) is 11.7. The molecule has 2 atom stereocenters. The van der Waals surface area contributed by atoms with Crippen molar-refractivity contribution in [3.05, 3.63) is 42.2 Å². The van der Waals surface area contributed by atoms with Crippen LogP contribution in [0.5, 0.6) is 0 Å². The van der Waals surface area contributed by atoms with Gasteiger partial charge < -0.3 is 21.1 Å². The van der Waals surface area contributed by atoms with E-state index in [1.54, 1.807) is 18.5 Å². The standard InChI is InChI=1S/C18H19N5O/c19-7-13-3-4-21-9-15(13)12-1-2-16(20)17(5-12)23-10-18(11-24)6-14(23)8-22-18/h1-5,9,14,22,24H,6,8,10-11,20H2/t14-,18-/m0/s1. The molecule has 4 N–H and O–H groups in total. The Kier molecular flexibility index (Phi) is 3.41. The van der Waals surface area contributed by atoms with Gasteiger partial charge in [0.05, 0.1) is 35.2 Å². The van der Waals surface area contributed by atoms with E-state index in [0.717, 1.165) is 36.3 Å². The number of aliphatic hydroxyl groups is 1. The lowest BCUT2D eigenvalue weighted by atomic mass is 10.0. The lowest BCUT2D eigenvalue weighted by Gasteiger charge is -2.35. The number of fused-ring (bicyclic) bond motifs is 2. The topological polar surface area (TPSA) is 98.2 Å². The molecule has 2 aliphatic rings. The third-order valence-corrected chi connectivity index (χ3v) is 5.15. The summed E-state index contributed by atoms with van der Waals surface area (Å²) in [4.78, 5) is 6.41. The maximum Gasteiger partial charge on any atom is 0.0999 e. The minimum atomic E-state index is -0.223. The zero-order chi connectivity index (χ0) is 16.7. The van der Waals surface area contributed by atoms with Gasteiger partial charge in [-0.1, -0.05) is 6.07 Å². The van der Waals surface area contributed by atoms with Crippen molar-refractivity contribution in [1.29, 1.82) is 5.26 Å². The molecule has 2 aromatic rings. The largest absolute Gasteiger partial charge is 0.397 e. The normalized spacial score (nSPS) is 25.0. The Morgan fingerprint density at radius 3 is 3.08 bits per heavy atom. The Morgan fingerprint density at radius 2 is 2.33 bits per heavy atom. The molecule has 2 aliphatic heterocycles. The molecule has 0 saturated carbocycles. The number of hydrogen-bond donors (Lipinski definition) is 3. The van der Waals surface area contributed by atoms with Crippen LogP contribution in [0, 0.1) is 11.3 Å². The van der Waals surface area contributed by atoms with Crippen LogP contribution < -0.4 is 16.0 Å². The highest BCUT2D eigenvalue weighted by molar-refractivity contribution is 5.79. The van der Waals surface area contributed by atoms with Crippen LogP contribution in [0.4, 0.5) is 11.4 Å². The second-order valence-corrected chi connectivity index (χ2v) is 6.61. The number of hydrogen-bond acceptors (Lipinski definition) is 6. The summed E-state index contributed by atoms with van der Waals surface area (Å²) in [7, 11) is 0. The average Bonchev–Trinajstić information content (AvgIpc) is 3.21. The van der Waals surface area contributed by atoms with Gasteiger partial charge in [-0.15, -0.1) is 0 Å². The molecule has 2 fully saturated rings. The molecule has 1 aromatic carbocycles. The van der Waals surface area contributed by atoms with Gasteiger partial charge in [-0.2, -0.15) is 5.26 Å². The van der Waals surface area contributed by atoms with Gasteiger partial charge >= 0.3 is 0 Å². The first kappa shape index (κ1) is 14.9. The predicted octanol–water partition coefficient (Wildman–Crippen LogP) is 1.12. The maximum absolute atomic E-state index is 9.71. The number of aromatic nitrogens is 1. The van der Waals surface area contributed by atoms with Gasteiger partial charge in [0.15, 0.2) is 0 Å². The van der Waals surface area contributed by atoms with Gasteiger partial charge in [-0.3, -0.25) is 4.98 Å². The van der Waals surface area contributed by atoms with Crippen molar-refractivity contribution in [1.82, 2.24) is 10.3 Å². The Balaban J connectivity index is 1.75. The lowest BCUT2D eigenvalue weighted by Crippen LogP contribution is -2.53. The molecule has 0 spiro atoms. The summed E-state index contributed by atoms with van der Waals surface area (Å²) in [5, 5.41) is 22.4. The summed E-state index contributed by atoms with van der Waals surface area (Å²) in [6, 6.07) is 10.1. The lowest BCUT2D eigenvalue weighted by molar-refractivity contribution is 0.190. The number of nitrogen functional groups attached to an aromatic ring is 1. The Labute approximate surface area is 140 Å². The molecular formula is C18H19N5O. The fraction of sp³-hybridized carbons (Fsp3) is 0.333. The van der Waals surface area contributed by atoms with Crippen molar-refractivity contribution < 1.29 is 5.11 Å². The van der Waals surface area contributed by atoms with Gasteiger partial charge in [-0.25, -0.2) is 0 Å². The molecule has 122 valence electrons. The molecule has 1 aromatic heterocycles. The maximum atomic E-state index is 9.71. The summed E-state index contributed by atoms with van der Waals surface area (Å²) in [5.41, 5.74) is 10.0. The van der Waals surface area contributed by atoms with Crippen molar-refractivity contribution in [2.45, 2.75) is 18.0 Å². The molecule has 6 nitrogen and oxygen atoms in total. The van der Waals surface area contributed by atoms with Gasteiger partial charge in [0.25, 0.3) is 0 Å². The van der Waals surface area contributed by atoms with Gasteiger partial charge in [0, 0.05) is 37.1 Å². The second-order valence-electron chi connectivity index (χ2n) is 6.61. The number of anilines is 2. The number of pyridine rings is 1. The summed E-state index contributed by atoms with van der Waals surface area (Å²) in [6.07, 6.45) is 4.25. The second kappa shape index (κ2) is 5.48. The number of rotatable bonds is 3. The van der Waals surface area contributed by atoms with Crippen LogP contribution in [0.25, 0.3) is 11.1 Å². The van der Waals surface area contributed by atoms with E-state index in [-0.39, 0.29) is 12.1 Å². The minimum absolute atomic E-state index is 0.126. The quantitative estimate of drug-likeness (QED) is 0.733. The van der Waals surface area contributed by atoms with E-state index in [4.69, 9.17) is 5.73 Å². The van der Waals surface area contributed by atoms with Gasteiger partial charge in [-0.05, 0) is 30.2 Å². The molecule has 24 heavy (non-hydrogen) atoms. The summed E-state index contributed by atoms with van der Waals surface area (Å²) >= 11 is 0. The van der Waals surface area contributed by atoms with Crippen LogP contribution in [-0.4, -0.2) is 41.4 Å². The molecule has 2 bridgehead atoms. The van der Waals surface area contributed by atoms with Crippen LogP contribution in [0.1, 0.15) is 12.0 Å². The van der Waals surface area contributed by atoms with E-state index in [0.29, 0.717) is 17.3 Å². The highest BCUT2D eigenvalue weighted by Crippen LogP contribution is 2.40. The van der Waals surface area contributed by atoms with E-state index in [1.165, 1.54) is 0 Å². The van der Waals surface area contributed by atoms with Crippen LogP contribution in [0.3, 0.4) is 0 Å². The third kappa shape index (κ3) is 2.21. The summed E-state index contributed by atoms with van der Waals surface area (Å²) < 4.78 is 0. The van der Waals surface area contributed by atoms with E-state index >= 15 is 0 Å². The average molecular weight is 321 g/mol. The molecule has 2 saturated heterocycles. The number of nitrogens with two attached hydrogens (primary N) is 1. The van der Waals surface area contributed by atoms with Crippen molar-refractivity contribution in [3.8, 4) is 17.2 Å². The number of nitrogens with zero attached hydrogens (tertiary/aromatic N) is 3. The van der Waals surface area contributed by atoms with E-state index < -0.39 is 0 Å². The molecule has 0 aliphatic carbocycles. The van der Waals surface area contributed by atoms with Crippen molar-refractivity contribution in [2.75, 3.05) is 30.3 Å². The highest BCUT2D eigenvalue weighted by atomic mass is 16.3. The zero-order valence-corrected chi connectivity index (χ0v) is 13.2. The first-order valence-electron chi connectivity index (χ1n) is 8.02. The Hall–Kier alpha value is -2.62. The van der Waals surface area contributed by atoms with Crippen molar-refractivity contribution in [2.24, 2.45) is 0 Å². The number of piperazine rings is 1. The van der Waals surface area contributed by atoms with Crippen LogP contribution in [0.15, 0.2) is 36.7 Å². The predicted molar refractivity (Wildman–Crippen MR) is 92.4 cm³/mol. The fourth-order valence-corrected chi connectivity index (χ4v) is 3.86. The van der Waals surface area contributed by atoms with Crippen LogP contribution in [0.2, 0.25) is 0 Å². The van der Waals surface area contributed by atoms with E-state index in [2.05, 4.69) is 21.3 Å². The third-order valence-electron chi connectivity index (χ3n) is 5.15. The smallest absolute Gasteiger partial charge is 0.0999 e.